The van der Waals surface area contributed by atoms with E-state index in [9.17, 15) is 14.9 Å². The number of nitro benzene ring substituents is 1. The molecule has 1 aromatic carbocycles. The molecule has 82 valence electrons. The summed E-state index contributed by atoms with van der Waals surface area (Å²) in [6.45, 7) is 0. The molecule has 0 saturated carbocycles. The lowest BCUT2D eigenvalue weighted by atomic mass is 10.1. The highest BCUT2D eigenvalue weighted by Crippen LogP contribution is 2.28. The number of hydrogen-bond acceptors (Lipinski definition) is 6. The van der Waals surface area contributed by atoms with Crippen molar-refractivity contribution in [3.63, 3.8) is 0 Å². The molecule has 0 aliphatic carbocycles. The molecule has 0 aliphatic heterocycles. The molecule has 6 nitrogen and oxygen atoms in total. The number of benzene rings is 1. The third-order valence-corrected chi connectivity index (χ3v) is 2.29. The van der Waals surface area contributed by atoms with Crippen LogP contribution >= 0.6 is 12.6 Å². The molecule has 0 atom stereocenters. The lowest BCUT2D eigenvalue weighted by Gasteiger charge is -2.04. The van der Waals surface area contributed by atoms with Gasteiger partial charge in [0.15, 0.2) is 0 Å². The summed E-state index contributed by atoms with van der Waals surface area (Å²) in [5, 5.41) is 19.3. The van der Waals surface area contributed by atoms with Crippen molar-refractivity contribution in [3.8, 4) is 6.07 Å². The van der Waals surface area contributed by atoms with Gasteiger partial charge in [0, 0.05) is 6.07 Å². The van der Waals surface area contributed by atoms with Crippen LogP contribution in [0.25, 0.3) is 0 Å². The van der Waals surface area contributed by atoms with Crippen LogP contribution in [0.5, 0.6) is 0 Å². The van der Waals surface area contributed by atoms with Crippen molar-refractivity contribution >= 4 is 24.3 Å². The normalized spacial score (nSPS) is 9.31. The van der Waals surface area contributed by atoms with Crippen LogP contribution in [0.4, 0.5) is 5.69 Å². The molecule has 0 aliphatic rings. The monoisotopic (exact) mass is 238 g/mol. The number of carbonyl (C=O) groups is 1. The molecule has 0 spiro atoms. The summed E-state index contributed by atoms with van der Waals surface area (Å²) in [4.78, 5) is 21.1. The summed E-state index contributed by atoms with van der Waals surface area (Å²) in [5.74, 6) is -0.773. The van der Waals surface area contributed by atoms with Gasteiger partial charge in [-0.25, -0.2) is 4.79 Å². The van der Waals surface area contributed by atoms with Crippen LogP contribution in [0, 0.1) is 21.4 Å². The van der Waals surface area contributed by atoms with Crippen LogP contribution in [0.2, 0.25) is 0 Å². The minimum atomic E-state index is -0.773. The number of nitriles is 1. The molecular formula is C9H6N2O4S. The van der Waals surface area contributed by atoms with E-state index in [0.717, 1.165) is 13.2 Å². The van der Waals surface area contributed by atoms with Crippen molar-refractivity contribution in [2.45, 2.75) is 4.90 Å². The quantitative estimate of drug-likeness (QED) is 0.365. The summed E-state index contributed by atoms with van der Waals surface area (Å²) in [6, 6.07) is 3.97. The fraction of sp³-hybridized carbons (Fsp3) is 0.111. The molecule has 1 rings (SSSR count). The van der Waals surface area contributed by atoms with Gasteiger partial charge in [-0.05, 0) is 6.07 Å². The van der Waals surface area contributed by atoms with E-state index in [-0.39, 0.29) is 16.0 Å². The van der Waals surface area contributed by atoms with E-state index in [0.29, 0.717) is 0 Å². The molecule has 7 heteroatoms. The molecule has 0 amide bonds. The summed E-state index contributed by atoms with van der Waals surface area (Å²) in [7, 11) is 1.14. The number of nitrogens with zero attached hydrogens (tertiary/aromatic N) is 2. The smallest absolute Gasteiger partial charge is 0.339 e. The van der Waals surface area contributed by atoms with E-state index >= 15 is 0 Å². The summed E-state index contributed by atoms with van der Waals surface area (Å²) < 4.78 is 4.43. The van der Waals surface area contributed by atoms with Gasteiger partial charge in [-0.3, -0.25) is 10.1 Å². The second-order valence-corrected chi connectivity index (χ2v) is 3.20. The molecule has 16 heavy (non-hydrogen) atoms. The van der Waals surface area contributed by atoms with Crippen molar-refractivity contribution < 1.29 is 14.5 Å². The molecule has 0 unspecified atom stereocenters. The largest absolute Gasteiger partial charge is 0.465 e. The number of thiol groups is 1. The van der Waals surface area contributed by atoms with Gasteiger partial charge in [-0.15, -0.1) is 12.6 Å². The minimum Gasteiger partial charge on any atom is -0.465 e. The first-order valence-corrected chi connectivity index (χ1v) is 4.45. The van der Waals surface area contributed by atoms with Gasteiger partial charge in [-0.1, -0.05) is 0 Å². The first kappa shape index (κ1) is 12.0. The van der Waals surface area contributed by atoms with Crippen LogP contribution in [0.1, 0.15) is 15.9 Å². The Morgan fingerprint density at radius 2 is 2.25 bits per heavy atom. The Labute approximate surface area is 96.0 Å². The van der Waals surface area contributed by atoms with Crippen LogP contribution in [-0.2, 0) is 4.74 Å². The first-order valence-electron chi connectivity index (χ1n) is 4.01. The number of esters is 1. The zero-order chi connectivity index (χ0) is 12.3. The summed E-state index contributed by atoms with van der Waals surface area (Å²) in [6.07, 6.45) is 0. The molecule has 0 aromatic heterocycles. The van der Waals surface area contributed by atoms with E-state index in [4.69, 9.17) is 5.26 Å². The highest BCUT2D eigenvalue weighted by molar-refractivity contribution is 7.80. The fourth-order valence-electron chi connectivity index (χ4n) is 1.09. The maximum absolute atomic E-state index is 11.3. The standard InChI is InChI=1S/C9H6N2O4S/c1-15-9(12)6-2-5(4-10)3-7(8(6)16)11(13)14/h2-3,16H,1H3. The van der Waals surface area contributed by atoms with Gasteiger partial charge in [0.1, 0.15) is 0 Å². The number of hydrogen-bond donors (Lipinski definition) is 1. The maximum Gasteiger partial charge on any atom is 0.339 e. The number of carbonyl (C=O) groups excluding carboxylic acids is 1. The van der Waals surface area contributed by atoms with Crippen molar-refractivity contribution in [2.75, 3.05) is 7.11 Å². The van der Waals surface area contributed by atoms with Crippen molar-refractivity contribution in [1.29, 1.82) is 5.26 Å². The second kappa shape index (κ2) is 4.63. The van der Waals surface area contributed by atoms with E-state index < -0.39 is 16.6 Å². The number of methoxy groups -OCH3 is 1. The molecule has 0 bridgehead atoms. The average molecular weight is 238 g/mol. The maximum atomic E-state index is 11.3. The third-order valence-electron chi connectivity index (χ3n) is 1.82. The van der Waals surface area contributed by atoms with Crippen LogP contribution in [-0.4, -0.2) is 18.0 Å². The van der Waals surface area contributed by atoms with Crippen molar-refractivity contribution in [2.24, 2.45) is 0 Å². The van der Waals surface area contributed by atoms with Gasteiger partial charge in [0.25, 0.3) is 5.69 Å². The number of ether oxygens (including phenoxy) is 1. The molecule has 0 N–H and O–H groups in total. The lowest BCUT2D eigenvalue weighted by molar-refractivity contribution is -0.387. The highest BCUT2D eigenvalue weighted by Gasteiger charge is 2.21. The first-order chi connectivity index (χ1) is 7.51. The number of nitro groups is 1. The predicted octanol–water partition coefficient (Wildman–Crippen LogP) is 1.54. The number of rotatable bonds is 2. The van der Waals surface area contributed by atoms with Gasteiger partial charge < -0.3 is 4.74 Å². The van der Waals surface area contributed by atoms with E-state index in [1.54, 1.807) is 6.07 Å². The Morgan fingerprint density at radius 1 is 1.62 bits per heavy atom. The van der Waals surface area contributed by atoms with Crippen molar-refractivity contribution in [1.82, 2.24) is 0 Å². The molecule has 0 heterocycles. The zero-order valence-electron chi connectivity index (χ0n) is 8.13. The SMILES string of the molecule is COC(=O)c1cc(C#N)cc([N+](=O)[O-])c1S. The third kappa shape index (κ3) is 2.12. The Morgan fingerprint density at radius 3 is 2.69 bits per heavy atom. The Kier molecular flexibility index (Phi) is 3.48. The highest BCUT2D eigenvalue weighted by atomic mass is 32.1. The van der Waals surface area contributed by atoms with Gasteiger partial charge in [0.2, 0.25) is 0 Å². The van der Waals surface area contributed by atoms with E-state index in [1.807, 2.05) is 0 Å². The molecular weight excluding hydrogens is 232 g/mol. The average Bonchev–Trinajstić information content (AvgIpc) is 2.28. The van der Waals surface area contributed by atoms with Gasteiger partial charge >= 0.3 is 5.97 Å². The van der Waals surface area contributed by atoms with Gasteiger partial charge in [-0.2, -0.15) is 5.26 Å². The molecule has 0 saturated heterocycles. The summed E-state index contributed by atoms with van der Waals surface area (Å²) in [5.41, 5.74) is -0.496. The van der Waals surface area contributed by atoms with Gasteiger partial charge in [0.05, 0.1) is 34.1 Å². The Balaban J connectivity index is 3.50. The fourth-order valence-corrected chi connectivity index (χ4v) is 1.39. The topological polar surface area (TPSA) is 93.2 Å². The molecule has 0 radical (unpaired) electrons. The Bertz CT molecular complexity index is 507. The van der Waals surface area contributed by atoms with Crippen molar-refractivity contribution in [3.05, 3.63) is 33.4 Å². The van der Waals surface area contributed by atoms with E-state index in [1.165, 1.54) is 6.07 Å². The molecule has 1 aromatic rings. The molecule has 0 fully saturated rings. The van der Waals surface area contributed by atoms with E-state index in [2.05, 4.69) is 17.4 Å². The Hall–Kier alpha value is -2.07. The lowest BCUT2D eigenvalue weighted by Crippen LogP contribution is -2.05. The minimum absolute atomic E-state index is 0.00454. The zero-order valence-corrected chi connectivity index (χ0v) is 9.02. The van der Waals surface area contributed by atoms with Crippen LogP contribution in [0.15, 0.2) is 17.0 Å². The second-order valence-electron chi connectivity index (χ2n) is 2.75. The van der Waals surface area contributed by atoms with Crippen LogP contribution in [0.3, 0.4) is 0 Å². The predicted molar refractivity (Wildman–Crippen MR) is 56.4 cm³/mol. The summed E-state index contributed by atoms with van der Waals surface area (Å²) >= 11 is 3.88. The van der Waals surface area contributed by atoms with Crippen LogP contribution < -0.4 is 0 Å².